The van der Waals surface area contributed by atoms with Crippen molar-refractivity contribution in [1.82, 2.24) is 10.2 Å². The minimum atomic E-state index is 0.732. The zero-order chi connectivity index (χ0) is 14.2. The van der Waals surface area contributed by atoms with Crippen molar-refractivity contribution in [2.75, 3.05) is 32.8 Å². The van der Waals surface area contributed by atoms with Gasteiger partial charge in [0.25, 0.3) is 0 Å². The summed E-state index contributed by atoms with van der Waals surface area (Å²) >= 11 is 0. The van der Waals surface area contributed by atoms with E-state index < -0.39 is 0 Å². The third-order valence-corrected chi connectivity index (χ3v) is 4.03. The average Bonchev–Trinajstić information content (AvgIpc) is 2.50. The predicted octanol–water partition coefficient (Wildman–Crippen LogP) is 2.91. The van der Waals surface area contributed by atoms with Gasteiger partial charge in [-0.3, -0.25) is 4.90 Å². The Morgan fingerprint density at radius 1 is 1.30 bits per heavy atom. The maximum atomic E-state index is 5.73. The first kappa shape index (κ1) is 15.3. The number of hydrogen-bond donors (Lipinski definition) is 1. The summed E-state index contributed by atoms with van der Waals surface area (Å²) in [6, 6.07) is 8.42. The smallest absolute Gasteiger partial charge is 0.123 e. The summed E-state index contributed by atoms with van der Waals surface area (Å²) < 4.78 is 5.73. The molecule has 1 atom stereocenters. The van der Waals surface area contributed by atoms with Gasteiger partial charge in [0.2, 0.25) is 0 Å². The molecule has 1 fully saturated rings. The predicted molar refractivity (Wildman–Crippen MR) is 84.2 cm³/mol. The van der Waals surface area contributed by atoms with Gasteiger partial charge in [-0.05, 0) is 51.4 Å². The van der Waals surface area contributed by atoms with Crippen LogP contribution in [0.25, 0.3) is 0 Å². The fourth-order valence-electron chi connectivity index (χ4n) is 2.92. The lowest BCUT2D eigenvalue weighted by Crippen LogP contribution is -2.38. The first-order valence-electron chi connectivity index (χ1n) is 7.97. The van der Waals surface area contributed by atoms with Gasteiger partial charge in [-0.2, -0.15) is 0 Å². The Kier molecular flexibility index (Phi) is 6.34. The molecular formula is C17H28N2O. The number of rotatable bonds is 7. The van der Waals surface area contributed by atoms with E-state index in [1.54, 1.807) is 0 Å². The normalized spacial score (nSPS) is 19.2. The Morgan fingerprint density at radius 3 is 2.85 bits per heavy atom. The second kappa shape index (κ2) is 8.28. The van der Waals surface area contributed by atoms with Crippen LogP contribution in [0.4, 0.5) is 0 Å². The molecule has 0 amide bonds. The third-order valence-electron chi connectivity index (χ3n) is 4.03. The summed E-state index contributed by atoms with van der Waals surface area (Å²) in [5.74, 6) is 1.83. The van der Waals surface area contributed by atoms with Gasteiger partial charge in [-0.25, -0.2) is 0 Å². The van der Waals surface area contributed by atoms with Crippen LogP contribution < -0.4 is 10.1 Å². The molecule has 1 unspecified atom stereocenters. The Morgan fingerprint density at radius 2 is 2.15 bits per heavy atom. The van der Waals surface area contributed by atoms with Crippen molar-refractivity contribution in [2.45, 2.75) is 33.2 Å². The number of hydrogen-bond acceptors (Lipinski definition) is 3. The lowest BCUT2D eigenvalue weighted by atomic mass is 9.99. The van der Waals surface area contributed by atoms with Crippen molar-refractivity contribution in [2.24, 2.45) is 5.92 Å². The fraction of sp³-hybridized carbons (Fsp3) is 0.647. The minimum absolute atomic E-state index is 0.732. The maximum Gasteiger partial charge on any atom is 0.123 e. The molecule has 0 radical (unpaired) electrons. The van der Waals surface area contributed by atoms with Crippen molar-refractivity contribution in [3.8, 4) is 5.75 Å². The number of nitrogens with zero attached hydrogens (tertiary/aromatic N) is 1. The Balaban J connectivity index is 1.94. The van der Waals surface area contributed by atoms with E-state index >= 15 is 0 Å². The van der Waals surface area contributed by atoms with Crippen LogP contribution in [0.1, 0.15) is 32.3 Å². The van der Waals surface area contributed by atoms with Crippen molar-refractivity contribution < 1.29 is 4.74 Å². The van der Waals surface area contributed by atoms with E-state index in [-0.39, 0.29) is 0 Å². The van der Waals surface area contributed by atoms with Crippen LogP contribution >= 0.6 is 0 Å². The molecule has 112 valence electrons. The number of benzene rings is 1. The molecule has 2 rings (SSSR count). The van der Waals surface area contributed by atoms with E-state index in [9.17, 15) is 0 Å². The maximum absolute atomic E-state index is 5.73. The molecule has 1 saturated heterocycles. The second-order valence-electron chi connectivity index (χ2n) is 5.58. The van der Waals surface area contributed by atoms with Gasteiger partial charge in [0.1, 0.15) is 5.75 Å². The highest BCUT2D eigenvalue weighted by Crippen LogP contribution is 2.21. The number of ether oxygens (including phenoxy) is 1. The summed E-state index contributed by atoms with van der Waals surface area (Å²) in [5, 5.41) is 3.51. The first-order chi connectivity index (χ1) is 9.83. The molecule has 0 aromatic heterocycles. The van der Waals surface area contributed by atoms with Gasteiger partial charge in [0, 0.05) is 18.7 Å². The van der Waals surface area contributed by atoms with E-state index in [1.807, 2.05) is 6.92 Å². The van der Waals surface area contributed by atoms with Crippen LogP contribution in [-0.4, -0.2) is 37.7 Å². The van der Waals surface area contributed by atoms with Crippen LogP contribution in [0.15, 0.2) is 24.3 Å². The zero-order valence-electron chi connectivity index (χ0n) is 12.9. The van der Waals surface area contributed by atoms with E-state index in [4.69, 9.17) is 4.74 Å². The number of piperidine rings is 1. The Hall–Kier alpha value is -1.06. The molecule has 1 aromatic rings. The van der Waals surface area contributed by atoms with Crippen LogP contribution in [-0.2, 0) is 6.54 Å². The monoisotopic (exact) mass is 276 g/mol. The van der Waals surface area contributed by atoms with E-state index in [2.05, 4.69) is 41.4 Å². The molecule has 0 bridgehead atoms. The molecule has 0 aliphatic carbocycles. The second-order valence-corrected chi connectivity index (χ2v) is 5.58. The number of para-hydroxylation sites is 1. The molecular weight excluding hydrogens is 248 g/mol. The summed E-state index contributed by atoms with van der Waals surface area (Å²) in [4.78, 5) is 2.54. The Bertz CT molecular complexity index is 388. The molecule has 0 saturated carbocycles. The molecule has 3 nitrogen and oxygen atoms in total. The lowest BCUT2D eigenvalue weighted by molar-refractivity contribution is 0.206. The molecule has 20 heavy (non-hydrogen) atoms. The van der Waals surface area contributed by atoms with Crippen molar-refractivity contribution in [3.05, 3.63) is 29.8 Å². The molecule has 3 heteroatoms. The standard InChI is InChI=1S/C17H28N2O/c1-3-19(13-15-8-7-11-18-12-15)14-16-9-5-6-10-17(16)20-4-2/h5-6,9-10,15,18H,3-4,7-8,11-14H2,1-2H3. The Labute approximate surface area is 123 Å². The molecule has 1 aromatic carbocycles. The van der Waals surface area contributed by atoms with Crippen molar-refractivity contribution in [1.29, 1.82) is 0 Å². The topological polar surface area (TPSA) is 24.5 Å². The van der Waals surface area contributed by atoms with Crippen LogP contribution in [0.3, 0.4) is 0 Å². The quantitative estimate of drug-likeness (QED) is 0.829. The minimum Gasteiger partial charge on any atom is -0.494 e. The summed E-state index contributed by atoms with van der Waals surface area (Å²) in [6.45, 7) is 10.7. The van der Waals surface area contributed by atoms with Gasteiger partial charge >= 0.3 is 0 Å². The zero-order valence-corrected chi connectivity index (χ0v) is 12.9. The van der Waals surface area contributed by atoms with E-state index in [0.29, 0.717) is 0 Å². The van der Waals surface area contributed by atoms with Gasteiger partial charge in [0.15, 0.2) is 0 Å². The van der Waals surface area contributed by atoms with E-state index in [1.165, 1.54) is 38.0 Å². The molecule has 1 heterocycles. The first-order valence-corrected chi connectivity index (χ1v) is 7.97. The molecule has 0 spiro atoms. The fourth-order valence-corrected chi connectivity index (χ4v) is 2.92. The highest BCUT2D eigenvalue weighted by molar-refractivity contribution is 5.33. The van der Waals surface area contributed by atoms with Crippen molar-refractivity contribution in [3.63, 3.8) is 0 Å². The van der Waals surface area contributed by atoms with Crippen molar-refractivity contribution >= 4 is 0 Å². The largest absolute Gasteiger partial charge is 0.494 e. The number of nitrogens with one attached hydrogen (secondary N) is 1. The van der Waals surface area contributed by atoms with Crippen LogP contribution in [0, 0.1) is 5.92 Å². The summed E-state index contributed by atoms with van der Waals surface area (Å²) in [5.41, 5.74) is 1.31. The van der Waals surface area contributed by atoms with Gasteiger partial charge in [-0.15, -0.1) is 0 Å². The lowest BCUT2D eigenvalue weighted by Gasteiger charge is -2.29. The molecule has 1 aliphatic rings. The molecule has 1 aliphatic heterocycles. The summed E-state index contributed by atoms with van der Waals surface area (Å²) in [6.07, 6.45) is 2.67. The average molecular weight is 276 g/mol. The van der Waals surface area contributed by atoms with Crippen LogP contribution in [0.2, 0.25) is 0 Å². The SMILES string of the molecule is CCOc1ccccc1CN(CC)CC1CCCNC1. The molecule has 1 N–H and O–H groups in total. The van der Waals surface area contributed by atoms with Gasteiger partial charge < -0.3 is 10.1 Å². The highest BCUT2D eigenvalue weighted by Gasteiger charge is 2.17. The highest BCUT2D eigenvalue weighted by atomic mass is 16.5. The van der Waals surface area contributed by atoms with Gasteiger partial charge in [0.05, 0.1) is 6.61 Å². The van der Waals surface area contributed by atoms with Crippen LogP contribution in [0.5, 0.6) is 5.75 Å². The third kappa shape index (κ3) is 4.50. The van der Waals surface area contributed by atoms with Gasteiger partial charge in [-0.1, -0.05) is 25.1 Å². The van der Waals surface area contributed by atoms with E-state index in [0.717, 1.165) is 31.4 Å². The summed E-state index contributed by atoms with van der Waals surface area (Å²) in [7, 11) is 0.